The van der Waals surface area contributed by atoms with Crippen LogP contribution in [0.5, 0.6) is 0 Å². The first-order valence-electron chi connectivity index (χ1n) is 34.1. The van der Waals surface area contributed by atoms with Gasteiger partial charge < -0.3 is 43.7 Å². The normalized spacial score (nSPS) is 19.2. The zero-order valence-corrected chi connectivity index (χ0v) is 55.3. The first-order chi connectivity index (χ1) is 43.3. The van der Waals surface area contributed by atoms with Crippen LogP contribution in [0.2, 0.25) is 0 Å². The van der Waals surface area contributed by atoms with Gasteiger partial charge in [-0.15, -0.1) is 0 Å². The van der Waals surface area contributed by atoms with Gasteiger partial charge >= 0.3 is 41.5 Å². The third-order valence-electron chi connectivity index (χ3n) is 15.7. The highest BCUT2D eigenvalue weighted by atomic mass is 19.1. The van der Waals surface area contributed by atoms with Crippen molar-refractivity contribution in [3.05, 3.63) is 45.0 Å². The van der Waals surface area contributed by atoms with E-state index >= 15 is 4.39 Å². The van der Waals surface area contributed by atoms with Crippen molar-refractivity contribution in [2.45, 2.75) is 329 Å². The molecule has 90 heavy (non-hydrogen) atoms. The van der Waals surface area contributed by atoms with Gasteiger partial charge in [0.05, 0.1) is 37.8 Å². The minimum Gasteiger partial charge on any atom is -0.481 e. The van der Waals surface area contributed by atoms with E-state index in [9.17, 15) is 48.2 Å². The molecule has 2 aliphatic heterocycles. The summed E-state index contributed by atoms with van der Waals surface area (Å²) in [6.07, 6.45) is 27.4. The van der Waals surface area contributed by atoms with Crippen LogP contribution in [0.25, 0.3) is 0 Å². The Hall–Kier alpha value is -5.59. The summed E-state index contributed by atoms with van der Waals surface area (Å²) in [5.74, 6) is -4.82. The molecular formula is C66H112F2N6O16. The Morgan fingerprint density at radius 2 is 0.789 bits per heavy atom. The van der Waals surface area contributed by atoms with Gasteiger partial charge in [-0.1, -0.05) is 214 Å². The SMILES string of the molecule is CCCCCCCCCCCC(=O)O.CCCCCCCCCCCC(=O)O[C@@H]1[C@H](OC(=O)CCCCCCCCCCC)[C@@H](C)O[C@H]1n1cc(F)c(NC(=O)OCCCCC)nc1=O.CCCCCOC(=O)Nc1nc(=O)n([C@@H]2O[C@H](C)[C@@H](O)[C@H]2O)cc1F. The Kier molecular flexibility index (Phi) is 43.9. The number of hydrogen-bond donors (Lipinski definition) is 5. The van der Waals surface area contributed by atoms with E-state index in [1.54, 1.807) is 6.92 Å². The van der Waals surface area contributed by atoms with Crippen LogP contribution in [0.4, 0.5) is 30.0 Å². The highest BCUT2D eigenvalue weighted by Gasteiger charge is 2.49. The van der Waals surface area contributed by atoms with Crippen molar-refractivity contribution in [3.8, 4) is 0 Å². The zero-order valence-electron chi connectivity index (χ0n) is 55.3. The number of anilines is 2. The maximum absolute atomic E-state index is 15.2. The van der Waals surface area contributed by atoms with E-state index in [2.05, 4.69) is 41.4 Å². The molecule has 2 aromatic rings. The molecule has 516 valence electrons. The number of aromatic nitrogens is 4. The standard InChI is InChI=1S/C39H66FN3O8.C15H22FN3O6.C12H24O2/c1-5-8-11-13-15-17-19-21-23-26-32(44)50-34-30(4)49-37(35(34)51-33(45)27-24-22-20-18-16-14-12-9-6-2)43-29-31(40)36(41-38(43)46)42-39(47)48-28-25-10-7-3;1-3-4-5-6-24-15(23)18-12-9(16)7-19(14(22)17-12)13-11(21)10(20)8(2)25-13;1-2-3-4-5-6-7-8-9-10-11-12(13)14/h29-30,34-35,37H,5-28H2,1-4H3,(H,41,42,46,47);7-8,10-11,13,20-21H,3-6H2,1-2H3,(H,17,18,22,23);2-11H2,1H3,(H,13,14)/t30-,34-,35-,37-;8-,10-,11-,13-;/m11./s1. The summed E-state index contributed by atoms with van der Waals surface area (Å²) in [7, 11) is 0. The molecule has 2 aliphatic rings. The van der Waals surface area contributed by atoms with Crippen LogP contribution in [0.3, 0.4) is 0 Å². The van der Waals surface area contributed by atoms with Crippen LogP contribution in [0.1, 0.15) is 292 Å². The molecular weight excluding hydrogens is 1170 g/mol. The Bertz CT molecular complexity index is 2430. The van der Waals surface area contributed by atoms with Crippen LogP contribution in [0.15, 0.2) is 22.0 Å². The van der Waals surface area contributed by atoms with Crippen LogP contribution < -0.4 is 22.0 Å². The lowest BCUT2D eigenvalue weighted by Crippen LogP contribution is -2.41. The van der Waals surface area contributed by atoms with E-state index < -0.39 is 114 Å². The van der Waals surface area contributed by atoms with Gasteiger partial charge in [-0.25, -0.2) is 28.0 Å². The van der Waals surface area contributed by atoms with Crippen molar-refractivity contribution in [3.63, 3.8) is 0 Å². The molecule has 0 radical (unpaired) electrons. The molecule has 4 rings (SSSR count). The van der Waals surface area contributed by atoms with Crippen molar-refractivity contribution in [2.24, 2.45) is 0 Å². The third-order valence-corrected chi connectivity index (χ3v) is 15.7. The molecule has 24 heteroatoms. The van der Waals surface area contributed by atoms with Gasteiger partial charge in [0, 0.05) is 19.3 Å². The average molecular weight is 1280 g/mol. The Balaban J connectivity index is 0.000000578. The highest BCUT2D eigenvalue weighted by molar-refractivity contribution is 5.83. The summed E-state index contributed by atoms with van der Waals surface area (Å²) >= 11 is 0. The van der Waals surface area contributed by atoms with Crippen molar-refractivity contribution in [1.82, 2.24) is 19.1 Å². The molecule has 8 atom stereocenters. The lowest BCUT2D eigenvalue weighted by atomic mass is 10.1. The summed E-state index contributed by atoms with van der Waals surface area (Å²) in [5.41, 5.74) is -1.90. The number of halogens is 2. The van der Waals surface area contributed by atoms with Crippen molar-refractivity contribution >= 4 is 41.7 Å². The Morgan fingerprint density at radius 1 is 0.467 bits per heavy atom. The molecule has 0 bridgehead atoms. The number of aliphatic hydroxyl groups is 2. The quantitative estimate of drug-likeness (QED) is 0.0234. The number of carboxylic acid groups (broad SMARTS) is 1. The number of amides is 2. The molecule has 0 spiro atoms. The molecule has 4 heterocycles. The number of hydrogen-bond acceptors (Lipinski definition) is 17. The van der Waals surface area contributed by atoms with E-state index in [0.29, 0.717) is 32.1 Å². The first-order valence-corrected chi connectivity index (χ1v) is 34.1. The molecule has 0 unspecified atom stereocenters. The molecule has 0 aromatic carbocycles. The topological polar surface area (TPSA) is 295 Å². The zero-order chi connectivity index (χ0) is 66.5. The van der Waals surface area contributed by atoms with Crippen molar-refractivity contribution in [2.75, 3.05) is 23.8 Å². The number of aliphatic hydroxyl groups excluding tert-OH is 2. The molecule has 0 saturated carbocycles. The van der Waals surface area contributed by atoms with Gasteiger partial charge in [-0.3, -0.25) is 34.2 Å². The molecule has 5 N–H and O–H groups in total. The second kappa shape index (κ2) is 49.1. The second-order valence-electron chi connectivity index (χ2n) is 23.7. The second-order valence-corrected chi connectivity index (χ2v) is 23.7. The fourth-order valence-corrected chi connectivity index (χ4v) is 10.3. The summed E-state index contributed by atoms with van der Waals surface area (Å²) in [5, 5.41) is 32.2. The monoisotopic (exact) mass is 1280 g/mol. The predicted molar refractivity (Wildman–Crippen MR) is 340 cm³/mol. The maximum Gasteiger partial charge on any atom is 0.412 e. The van der Waals surface area contributed by atoms with Crippen LogP contribution in [0, 0.1) is 11.6 Å². The molecule has 2 saturated heterocycles. The molecule has 22 nitrogen and oxygen atoms in total. The van der Waals surface area contributed by atoms with Crippen LogP contribution >= 0.6 is 0 Å². The number of unbranched alkanes of at least 4 members (excludes halogenated alkanes) is 28. The minimum atomic E-state index is -1.41. The predicted octanol–water partition coefficient (Wildman–Crippen LogP) is 14.5. The summed E-state index contributed by atoms with van der Waals surface area (Å²) in [6.45, 7) is 14.1. The number of esters is 2. The number of rotatable bonds is 44. The van der Waals surface area contributed by atoms with Crippen molar-refractivity contribution in [1.29, 1.82) is 0 Å². The number of carboxylic acids is 1. The van der Waals surface area contributed by atoms with Crippen molar-refractivity contribution < 1.29 is 76.5 Å². The number of carbonyl (C=O) groups excluding carboxylic acids is 4. The number of carbonyl (C=O) groups is 5. The lowest BCUT2D eigenvalue weighted by molar-refractivity contribution is -0.168. The number of nitrogens with one attached hydrogen (secondary N) is 2. The number of aliphatic carboxylic acids is 1. The molecule has 0 aliphatic carbocycles. The van der Waals surface area contributed by atoms with Crippen LogP contribution in [-0.2, 0) is 42.8 Å². The van der Waals surface area contributed by atoms with E-state index in [4.69, 9.17) is 33.5 Å². The lowest BCUT2D eigenvalue weighted by Gasteiger charge is -2.24. The van der Waals surface area contributed by atoms with E-state index in [0.717, 1.165) is 98.6 Å². The Labute approximate surface area is 533 Å². The third kappa shape index (κ3) is 33.6. The van der Waals surface area contributed by atoms with E-state index in [1.165, 1.54) is 116 Å². The molecule has 2 amide bonds. The fraction of sp³-hybridized carbons (Fsp3) is 0.803. The summed E-state index contributed by atoms with van der Waals surface area (Å²) < 4.78 is 63.7. The van der Waals surface area contributed by atoms with E-state index in [-0.39, 0.29) is 26.1 Å². The van der Waals surface area contributed by atoms with Gasteiger partial charge in [0.2, 0.25) is 0 Å². The average Bonchev–Trinajstić information content (AvgIpc) is 1.95. The largest absolute Gasteiger partial charge is 0.481 e. The van der Waals surface area contributed by atoms with Gasteiger partial charge in [0.25, 0.3) is 0 Å². The first kappa shape index (κ1) is 80.5. The summed E-state index contributed by atoms with van der Waals surface area (Å²) in [6, 6.07) is 0. The molecule has 2 aromatic heterocycles. The maximum atomic E-state index is 15.2. The van der Waals surface area contributed by atoms with E-state index in [1.807, 2.05) is 13.8 Å². The highest BCUT2D eigenvalue weighted by Crippen LogP contribution is 2.35. The molecule has 2 fully saturated rings. The van der Waals surface area contributed by atoms with Gasteiger partial charge in [-0.2, -0.15) is 9.97 Å². The minimum absolute atomic E-state index is 0.150. The van der Waals surface area contributed by atoms with Gasteiger partial charge in [0.15, 0.2) is 47.9 Å². The Morgan fingerprint density at radius 3 is 1.14 bits per heavy atom. The van der Waals surface area contributed by atoms with Gasteiger partial charge in [0.1, 0.15) is 12.2 Å². The number of ether oxygens (including phenoxy) is 6. The fourth-order valence-electron chi connectivity index (χ4n) is 10.3. The van der Waals surface area contributed by atoms with Gasteiger partial charge in [-0.05, 0) is 46.0 Å². The smallest absolute Gasteiger partial charge is 0.412 e. The number of nitrogens with zero attached hydrogens (tertiary/aromatic N) is 4. The van der Waals surface area contributed by atoms with Crippen LogP contribution in [-0.4, -0.2) is 114 Å². The summed E-state index contributed by atoms with van der Waals surface area (Å²) in [4.78, 5) is 92.3.